The third-order valence-electron chi connectivity index (χ3n) is 3.82. The second-order valence-electron chi connectivity index (χ2n) is 5.22. The summed E-state index contributed by atoms with van der Waals surface area (Å²) in [5, 5.41) is 1.14. The van der Waals surface area contributed by atoms with Crippen LogP contribution in [0.1, 0.15) is 29.1 Å². The van der Waals surface area contributed by atoms with Gasteiger partial charge in [-0.2, -0.15) is 0 Å². The van der Waals surface area contributed by atoms with Crippen LogP contribution in [0.5, 0.6) is 0 Å². The molecule has 0 spiro atoms. The first kappa shape index (κ1) is 14.1. The zero-order valence-electron chi connectivity index (χ0n) is 12.1. The van der Waals surface area contributed by atoms with Crippen LogP contribution in [0.3, 0.4) is 0 Å². The van der Waals surface area contributed by atoms with E-state index in [4.69, 9.17) is 16.6 Å². The van der Waals surface area contributed by atoms with E-state index in [0.29, 0.717) is 0 Å². The Labute approximate surface area is 130 Å². The predicted octanol–water partition coefficient (Wildman–Crippen LogP) is 5.32. The van der Waals surface area contributed by atoms with Crippen LogP contribution in [-0.2, 0) is 12.8 Å². The first-order valence-electron chi connectivity index (χ1n) is 7.34. The molecule has 0 amide bonds. The van der Waals surface area contributed by atoms with Gasteiger partial charge in [-0.15, -0.1) is 11.6 Å². The monoisotopic (exact) mass is 295 g/mol. The van der Waals surface area contributed by atoms with E-state index in [9.17, 15) is 0 Å². The Morgan fingerprint density at radius 3 is 2.57 bits per heavy atom. The molecule has 0 saturated heterocycles. The third-order valence-corrected chi connectivity index (χ3v) is 4.21. The molecular weight excluding hydrogens is 278 g/mol. The Balaban J connectivity index is 1.87. The molecule has 106 valence electrons. The van der Waals surface area contributed by atoms with Crippen LogP contribution >= 0.6 is 11.6 Å². The van der Waals surface area contributed by atoms with Gasteiger partial charge in [0.1, 0.15) is 0 Å². The van der Waals surface area contributed by atoms with Crippen molar-refractivity contribution in [3.8, 4) is 0 Å². The summed E-state index contributed by atoms with van der Waals surface area (Å²) in [6.07, 6.45) is 1.76. The van der Waals surface area contributed by atoms with Crippen LogP contribution in [0.2, 0.25) is 0 Å². The van der Waals surface area contributed by atoms with Crippen molar-refractivity contribution in [2.45, 2.75) is 25.1 Å². The number of fused-ring (bicyclic) bond motifs is 1. The Bertz CT molecular complexity index is 751. The number of hydrogen-bond donors (Lipinski definition) is 0. The van der Waals surface area contributed by atoms with E-state index < -0.39 is 0 Å². The van der Waals surface area contributed by atoms with Crippen LogP contribution in [0.25, 0.3) is 10.9 Å². The van der Waals surface area contributed by atoms with Crippen molar-refractivity contribution in [1.29, 1.82) is 0 Å². The summed E-state index contributed by atoms with van der Waals surface area (Å²) < 4.78 is 0. The fourth-order valence-electron chi connectivity index (χ4n) is 2.68. The maximum absolute atomic E-state index is 6.64. The topological polar surface area (TPSA) is 12.9 Å². The van der Waals surface area contributed by atoms with Gasteiger partial charge < -0.3 is 0 Å². The molecule has 1 heterocycles. The highest BCUT2D eigenvalue weighted by Gasteiger charge is 2.13. The lowest BCUT2D eigenvalue weighted by Crippen LogP contribution is -2.01. The van der Waals surface area contributed by atoms with Crippen LogP contribution in [0.15, 0.2) is 60.7 Å². The largest absolute Gasteiger partial charge is 0.253 e. The summed E-state index contributed by atoms with van der Waals surface area (Å²) in [6.45, 7) is 2.16. The van der Waals surface area contributed by atoms with Crippen LogP contribution in [0.4, 0.5) is 0 Å². The summed E-state index contributed by atoms with van der Waals surface area (Å²) in [4.78, 5) is 4.71. The molecule has 21 heavy (non-hydrogen) atoms. The molecule has 3 rings (SSSR count). The molecule has 0 fully saturated rings. The quantitative estimate of drug-likeness (QED) is 0.594. The first-order valence-corrected chi connectivity index (χ1v) is 7.78. The van der Waals surface area contributed by atoms with Crippen LogP contribution < -0.4 is 0 Å². The van der Waals surface area contributed by atoms with Crippen molar-refractivity contribution in [1.82, 2.24) is 4.98 Å². The van der Waals surface area contributed by atoms with Crippen LogP contribution in [-0.4, -0.2) is 4.98 Å². The Hall–Kier alpha value is -1.86. The van der Waals surface area contributed by atoms with E-state index >= 15 is 0 Å². The third kappa shape index (κ3) is 3.08. The number of nitrogens with zero attached hydrogens (tertiary/aromatic N) is 1. The minimum Gasteiger partial charge on any atom is -0.253 e. The summed E-state index contributed by atoms with van der Waals surface area (Å²) in [5.74, 6) is 0. The van der Waals surface area contributed by atoms with Crippen molar-refractivity contribution in [3.63, 3.8) is 0 Å². The number of rotatable bonds is 4. The number of alkyl halides is 1. The van der Waals surface area contributed by atoms with Gasteiger partial charge in [-0.1, -0.05) is 55.5 Å². The van der Waals surface area contributed by atoms with Crippen LogP contribution in [0, 0.1) is 0 Å². The summed E-state index contributed by atoms with van der Waals surface area (Å²) in [6, 6.07) is 20.8. The maximum Gasteiger partial charge on any atom is 0.0705 e. The zero-order valence-corrected chi connectivity index (χ0v) is 12.8. The van der Waals surface area contributed by atoms with Gasteiger partial charge in [-0.25, -0.2) is 0 Å². The number of benzene rings is 2. The summed E-state index contributed by atoms with van der Waals surface area (Å²) in [7, 11) is 0. The van der Waals surface area contributed by atoms with Crippen molar-refractivity contribution >= 4 is 22.5 Å². The average molecular weight is 296 g/mol. The molecule has 0 saturated carbocycles. The second kappa shape index (κ2) is 6.28. The van der Waals surface area contributed by atoms with Crippen molar-refractivity contribution in [2.75, 3.05) is 0 Å². The zero-order chi connectivity index (χ0) is 14.7. The highest BCUT2D eigenvalue weighted by molar-refractivity contribution is 6.21. The van der Waals surface area contributed by atoms with Crippen molar-refractivity contribution in [2.24, 2.45) is 0 Å². The minimum atomic E-state index is -0.0326. The van der Waals surface area contributed by atoms with Crippen molar-refractivity contribution in [3.05, 3.63) is 77.5 Å². The van der Waals surface area contributed by atoms with E-state index in [0.717, 1.165) is 24.1 Å². The second-order valence-corrected chi connectivity index (χ2v) is 5.75. The smallest absolute Gasteiger partial charge is 0.0705 e. The molecule has 0 bridgehead atoms. The fraction of sp³-hybridized carbons (Fsp3) is 0.211. The average Bonchev–Trinajstić information content (AvgIpc) is 2.54. The van der Waals surface area contributed by atoms with E-state index in [-0.39, 0.29) is 5.38 Å². The van der Waals surface area contributed by atoms with Gasteiger partial charge >= 0.3 is 0 Å². The van der Waals surface area contributed by atoms with Gasteiger partial charge in [0.15, 0.2) is 0 Å². The van der Waals surface area contributed by atoms with E-state index in [1.807, 2.05) is 18.2 Å². The van der Waals surface area contributed by atoms with E-state index in [1.54, 1.807) is 0 Å². The summed E-state index contributed by atoms with van der Waals surface area (Å²) >= 11 is 6.64. The lowest BCUT2D eigenvalue weighted by atomic mass is 9.99. The van der Waals surface area contributed by atoms with Gasteiger partial charge in [0.2, 0.25) is 0 Å². The Morgan fingerprint density at radius 1 is 0.952 bits per heavy atom. The molecule has 1 aromatic heterocycles. The number of pyridine rings is 1. The first-order chi connectivity index (χ1) is 10.3. The predicted molar refractivity (Wildman–Crippen MR) is 89.9 cm³/mol. The standard InChI is InChI=1S/C19H18ClN/c1-2-14-7-3-5-9-17(14)18(20)13-16-12-11-15-8-4-6-10-19(15)21-16/h3-12,18H,2,13H2,1H3. The lowest BCUT2D eigenvalue weighted by molar-refractivity contribution is 0.870. The van der Waals surface area contributed by atoms with Gasteiger partial charge in [-0.3, -0.25) is 4.98 Å². The molecule has 2 heteroatoms. The van der Waals surface area contributed by atoms with Gasteiger partial charge in [0.25, 0.3) is 0 Å². The molecular formula is C19H18ClN. The number of aromatic nitrogens is 1. The number of hydrogen-bond acceptors (Lipinski definition) is 1. The fourth-order valence-corrected chi connectivity index (χ4v) is 3.05. The molecule has 0 aliphatic heterocycles. The molecule has 0 radical (unpaired) electrons. The minimum absolute atomic E-state index is 0.0326. The molecule has 1 atom stereocenters. The van der Waals surface area contributed by atoms with E-state index in [2.05, 4.69) is 49.4 Å². The molecule has 0 N–H and O–H groups in total. The molecule has 3 aromatic rings. The SMILES string of the molecule is CCc1ccccc1C(Cl)Cc1ccc2ccccc2n1. The lowest BCUT2D eigenvalue weighted by Gasteiger charge is -2.14. The molecule has 0 aliphatic carbocycles. The number of aryl methyl sites for hydroxylation is 1. The Morgan fingerprint density at radius 2 is 1.71 bits per heavy atom. The normalized spacial score (nSPS) is 12.5. The number of para-hydroxylation sites is 1. The molecule has 1 unspecified atom stereocenters. The molecule has 2 aromatic carbocycles. The van der Waals surface area contributed by atoms with Gasteiger partial charge in [0.05, 0.1) is 10.9 Å². The highest BCUT2D eigenvalue weighted by Crippen LogP contribution is 2.28. The summed E-state index contributed by atoms with van der Waals surface area (Å²) in [5.41, 5.74) is 4.61. The highest BCUT2D eigenvalue weighted by atomic mass is 35.5. The Kier molecular flexibility index (Phi) is 4.21. The number of halogens is 1. The molecule has 1 nitrogen and oxygen atoms in total. The molecule has 0 aliphatic rings. The van der Waals surface area contributed by atoms with E-state index in [1.165, 1.54) is 16.5 Å². The van der Waals surface area contributed by atoms with Crippen molar-refractivity contribution < 1.29 is 0 Å². The maximum atomic E-state index is 6.64. The van der Waals surface area contributed by atoms with Gasteiger partial charge in [-0.05, 0) is 29.7 Å². The van der Waals surface area contributed by atoms with Gasteiger partial charge in [0, 0.05) is 17.5 Å².